The van der Waals surface area contributed by atoms with Crippen molar-refractivity contribution in [2.24, 2.45) is 0 Å². The lowest BCUT2D eigenvalue weighted by Gasteiger charge is -2.33. The fourth-order valence-electron chi connectivity index (χ4n) is 5.00. The van der Waals surface area contributed by atoms with Crippen molar-refractivity contribution in [3.63, 3.8) is 0 Å². The fraction of sp³-hybridized carbons (Fsp3) is 0.444. The van der Waals surface area contributed by atoms with Gasteiger partial charge in [0.25, 0.3) is 0 Å². The van der Waals surface area contributed by atoms with E-state index in [-0.39, 0.29) is 17.2 Å². The Morgan fingerprint density at radius 3 is 2.62 bits per heavy atom. The Morgan fingerprint density at radius 2 is 1.92 bits per heavy atom. The standard InChI is InChI=1S/C27H34N4O5Si/c1-37(2,3)15-14-35-18-30-12-8-21-25-22(16-28-26(21)30)23(32)9-13-31(25)19-6-10-29(11-7-19)17-20-4-5-24(36-20)27(33)34/h4-5,8-9,12-13,16,19H,6-7,10-11,14-15,17-18H2,1-3H3,(H,33,34). The first-order chi connectivity index (χ1) is 17.7. The molecule has 1 aliphatic rings. The van der Waals surface area contributed by atoms with E-state index in [1.165, 1.54) is 6.07 Å². The molecule has 5 heterocycles. The van der Waals surface area contributed by atoms with E-state index >= 15 is 0 Å². The molecule has 4 aromatic heterocycles. The summed E-state index contributed by atoms with van der Waals surface area (Å²) in [5.41, 5.74) is 1.72. The molecule has 4 aromatic rings. The third-order valence-corrected chi connectivity index (χ3v) is 8.80. The zero-order valence-corrected chi connectivity index (χ0v) is 22.6. The number of fused-ring (bicyclic) bond motifs is 3. The van der Waals surface area contributed by atoms with Gasteiger partial charge in [-0.2, -0.15) is 0 Å². The summed E-state index contributed by atoms with van der Waals surface area (Å²) in [6.45, 7) is 10.5. The van der Waals surface area contributed by atoms with Crippen molar-refractivity contribution >= 4 is 36.0 Å². The molecule has 10 heteroatoms. The second-order valence-corrected chi connectivity index (χ2v) is 16.7. The first kappa shape index (κ1) is 25.4. The first-order valence-electron chi connectivity index (χ1n) is 12.8. The molecule has 0 atom stereocenters. The summed E-state index contributed by atoms with van der Waals surface area (Å²) in [5, 5.41) is 10.7. The van der Waals surface area contributed by atoms with Gasteiger partial charge in [-0.05, 0) is 37.1 Å². The van der Waals surface area contributed by atoms with Crippen LogP contribution in [0.2, 0.25) is 25.7 Å². The molecule has 1 saturated heterocycles. The average Bonchev–Trinajstić information content (AvgIpc) is 3.50. The van der Waals surface area contributed by atoms with Gasteiger partial charge in [0.05, 0.1) is 17.4 Å². The van der Waals surface area contributed by atoms with Gasteiger partial charge in [-0.1, -0.05) is 19.6 Å². The number of aromatic nitrogens is 3. The van der Waals surface area contributed by atoms with Gasteiger partial charge in [0.1, 0.15) is 18.1 Å². The molecule has 1 N–H and O–H groups in total. The van der Waals surface area contributed by atoms with Crippen LogP contribution in [0.15, 0.2) is 52.1 Å². The van der Waals surface area contributed by atoms with Crippen LogP contribution in [-0.4, -0.2) is 57.9 Å². The molecule has 0 amide bonds. The summed E-state index contributed by atoms with van der Waals surface area (Å²) < 4.78 is 15.6. The van der Waals surface area contributed by atoms with Crippen LogP contribution in [0.3, 0.4) is 0 Å². The van der Waals surface area contributed by atoms with Gasteiger partial charge in [0, 0.05) is 63.9 Å². The fourth-order valence-corrected chi connectivity index (χ4v) is 5.76. The van der Waals surface area contributed by atoms with Crippen molar-refractivity contribution in [1.82, 2.24) is 19.0 Å². The Labute approximate surface area is 216 Å². The lowest BCUT2D eigenvalue weighted by atomic mass is 10.0. The molecule has 0 spiro atoms. The van der Waals surface area contributed by atoms with Crippen molar-refractivity contribution in [3.8, 4) is 0 Å². The van der Waals surface area contributed by atoms with Gasteiger partial charge in [0.2, 0.25) is 5.76 Å². The largest absolute Gasteiger partial charge is 0.475 e. The Balaban J connectivity index is 1.34. The van der Waals surface area contributed by atoms with Gasteiger partial charge < -0.3 is 23.4 Å². The van der Waals surface area contributed by atoms with Crippen LogP contribution in [-0.2, 0) is 18.0 Å². The Kier molecular flexibility index (Phi) is 7.06. The zero-order chi connectivity index (χ0) is 26.2. The van der Waals surface area contributed by atoms with Gasteiger partial charge in [-0.3, -0.25) is 9.69 Å². The van der Waals surface area contributed by atoms with Crippen LogP contribution < -0.4 is 5.43 Å². The molecule has 196 valence electrons. The number of carboxylic acid groups (broad SMARTS) is 1. The van der Waals surface area contributed by atoms with Gasteiger partial charge >= 0.3 is 5.97 Å². The van der Waals surface area contributed by atoms with Crippen LogP contribution in [0.5, 0.6) is 0 Å². The van der Waals surface area contributed by atoms with Crippen LogP contribution in [0.25, 0.3) is 21.9 Å². The van der Waals surface area contributed by atoms with E-state index in [0.29, 0.717) is 24.4 Å². The highest BCUT2D eigenvalue weighted by molar-refractivity contribution is 6.76. The maximum atomic E-state index is 12.7. The topological polar surface area (TPSA) is 103 Å². The third kappa shape index (κ3) is 5.56. The van der Waals surface area contributed by atoms with E-state index in [1.54, 1.807) is 18.3 Å². The monoisotopic (exact) mass is 522 g/mol. The number of carboxylic acids is 1. The van der Waals surface area contributed by atoms with Crippen molar-refractivity contribution < 1.29 is 19.1 Å². The van der Waals surface area contributed by atoms with Crippen LogP contribution >= 0.6 is 0 Å². The molecule has 0 unspecified atom stereocenters. The summed E-state index contributed by atoms with van der Waals surface area (Å²) in [7, 11) is -1.15. The number of rotatable bonds is 9. The number of likely N-dealkylation sites (tertiary alicyclic amines) is 1. The summed E-state index contributed by atoms with van der Waals surface area (Å²) in [5.74, 6) is -0.427. The number of nitrogens with zero attached hydrogens (tertiary/aromatic N) is 4. The summed E-state index contributed by atoms with van der Waals surface area (Å²) in [6.07, 6.45) is 7.42. The number of piperidine rings is 1. The molecule has 1 aliphatic heterocycles. The highest BCUT2D eigenvalue weighted by Crippen LogP contribution is 2.30. The Hall–Kier alpha value is -3.21. The third-order valence-electron chi connectivity index (χ3n) is 7.10. The number of carbonyl (C=O) groups is 1. The smallest absolute Gasteiger partial charge is 0.371 e. The Morgan fingerprint density at radius 1 is 1.14 bits per heavy atom. The number of aromatic carboxylic acids is 1. The lowest BCUT2D eigenvalue weighted by Crippen LogP contribution is -2.34. The van der Waals surface area contributed by atoms with Crippen molar-refractivity contribution in [2.75, 3.05) is 19.7 Å². The van der Waals surface area contributed by atoms with E-state index in [4.69, 9.17) is 14.3 Å². The molecule has 0 radical (unpaired) electrons. The minimum atomic E-state index is -1.15. The molecule has 0 aliphatic carbocycles. The Bertz CT molecular complexity index is 1470. The van der Waals surface area contributed by atoms with Crippen molar-refractivity contribution in [2.45, 2.75) is 57.8 Å². The summed E-state index contributed by atoms with van der Waals surface area (Å²) >= 11 is 0. The maximum Gasteiger partial charge on any atom is 0.371 e. The van der Waals surface area contributed by atoms with Gasteiger partial charge in [-0.25, -0.2) is 9.78 Å². The number of ether oxygens (including phenoxy) is 1. The van der Waals surface area contributed by atoms with Crippen LogP contribution in [0.4, 0.5) is 0 Å². The zero-order valence-electron chi connectivity index (χ0n) is 21.6. The second-order valence-electron chi connectivity index (χ2n) is 11.1. The van der Waals surface area contributed by atoms with E-state index in [9.17, 15) is 9.59 Å². The second kappa shape index (κ2) is 10.3. The van der Waals surface area contributed by atoms with Crippen LogP contribution in [0, 0.1) is 0 Å². The molecule has 0 saturated carbocycles. The van der Waals surface area contributed by atoms with Crippen LogP contribution in [0.1, 0.15) is 35.2 Å². The molecule has 0 bridgehead atoms. The quantitative estimate of drug-likeness (QED) is 0.249. The molecule has 1 fully saturated rings. The molecule has 9 nitrogen and oxygen atoms in total. The van der Waals surface area contributed by atoms with Gasteiger partial charge in [0.15, 0.2) is 5.43 Å². The predicted octanol–water partition coefficient (Wildman–Crippen LogP) is 4.79. The lowest BCUT2D eigenvalue weighted by molar-refractivity contribution is 0.0657. The van der Waals surface area contributed by atoms with E-state index in [1.807, 2.05) is 23.0 Å². The maximum absolute atomic E-state index is 12.7. The molecular formula is C27H34N4O5Si. The summed E-state index contributed by atoms with van der Waals surface area (Å²) in [6, 6.07) is 8.26. The predicted molar refractivity (Wildman–Crippen MR) is 145 cm³/mol. The first-order valence-corrected chi connectivity index (χ1v) is 16.5. The van der Waals surface area contributed by atoms with Crippen molar-refractivity contribution in [1.29, 1.82) is 0 Å². The number of pyridine rings is 2. The van der Waals surface area contributed by atoms with E-state index in [2.05, 4.69) is 34.1 Å². The molecule has 5 rings (SSSR count). The number of furan rings is 1. The normalized spacial score (nSPS) is 15.6. The highest BCUT2D eigenvalue weighted by atomic mass is 28.3. The van der Waals surface area contributed by atoms with E-state index < -0.39 is 14.0 Å². The summed E-state index contributed by atoms with van der Waals surface area (Å²) in [4.78, 5) is 30.7. The van der Waals surface area contributed by atoms with E-state index in [0.717, 1.165) is 55.1 Å². The minimum Gasteiger partial charge on any atom is -0.475 e. The molecule has 37 heavy (non-hydrogen) atoms. The minimum absolute atomic E-state index is 0.0238. The average molecular weight is 523 g/mol. The van der Waals surface area contributed by atoms with Crippen molar-refractivity contribution in [3.05, 3.63) is 64.6 Å². The molecular weight excluding hydrogens is 488 g/mol. The SMILES string of the molecule is C[Si](C)(C)CCOCn1ccc2c1ncc1c(=O)ccn(C3CCN(Cc4ccc(C(=O)O)o4)CC3)c12. The number of hydrogen-bond acceptors (Lipinski definition) is 6. The molecule has 0 aromatic carbocycles. The van der Waals surface area contributed by atoms with Gasteiger partial charge in [-0.15, -0.1) is 0 Å². The highest BCUT2D eigenvalue weighted by Gasteiger charge is 2.24. The number of hydrogen-bond donors (Lipinski definition) is 1.